The molecule has 0 aliphatic heterocycles. The summed E-state index contributed by atoms with van der Waals surface area (Å²) in [6.07, 6.45) is 1.71. The van der Waals surface area contributed by atoms with Crippen LogP contribution in [0, 0.1) is 0 Å². The summed E-state index contributed by atoms with van der Waals surface area (Å²) in [6, 6.07) is 13.7. The van der Waals surface area contributed by atoms with Crippen molar-refractivity contribution in [3.05, 3.63) is 59.8 Å². The summed E-state index contributed by atoms with van der Waals surface area (Å²) in [7, 11) is 1.66. The summed E-state index contributed by atoms with van der Waals surface area (Å²) >= 11 is 0. The van der Waals surface area contributed by atoms with Crippen molar-refractivity contribution in [2.45, 2.75) is 39.5 Å². The summed E-state index contributed by atoms with van der Waals surface area (Å²) in [5, 5.41) is 9.08. The van der Waals surface area contributed by atoms with E-state index in [0.29, 0.717) is 25.0 Å². The number of ether oxygens (including phenoxy) is 1. The number of guanidine groups is 1. The third-order valence-electron chi connectivity index (χ3n) is 3.64. The molecule has 0 radical (unpaired) electrons. The largest absolute Gasteiger partial charge is 0.473 e. The number of nitrogens with one attached hydrogen (secondary N) is 3. The van der Waals surface area contributed by atoms with Crippen molar-refractivity contribution >= 4 is 11.9 Å². The minimum atomic E-state index is -0.261. The molecule has 0 unspecified atom stereocenters. The van der Waals surface area contributed by atoms with E-state index in [4.69, 9.17) is 4.74 Å². The fourth-order valence-corrected chi connectivity index (χ4v) is 2.40. The number of carbonyl (C=O) groups is 1. The number of rotatable bonds is 7. The highest BCUT2D eigenvalue weighted by molar-refractivity contribution is 5.86. The number of aliphatic imine (C=N–C) groups is 1. The Morgan fingerprint density at radius 3 is 2.54 bits per heavy atom. The molecule has 0 fully saturated rings. The zero-order valence-corrected chi connectivity index (χ0v) is 17.0. The molecule has 2 rings (SSSR count). The predicted molar refractivity (Wildman–Crippen MR) is 111 cm³/mol. The van der Waals surface area contributed by atoms with Gasteiger partial charge < -0.3 is 20.7 Å². The molecule has 1 amide bonds. The molecule has 1 aromatic heterocycles. The fourth-order valence-electron chi connectivity index (χ4n) is 2.40. The monoisotopic (exact) mass is 383 g/mol. The second kappa shape index (κ2) is 10.3. The fraction of sp³-hybridized carbons (Fsp3) is 0.381. The van der Waals surface area contributed by atoms with Crippen molar-refractivity contribution in [1.82, 2.24) is 20.9 Å². The molecule has 150 valence electrons. The van der Waals surface area contributed by atoms with Crippen LogP contribution in [-0.2, 0) is 17.9 Å². The maximum Gasteiger partial charge on any atom is 0.239 e. The molecule has 3 N–H and O–H groups in total. The lowest BCUT2D eigenvalue weighted by Gasteiger charge is -2.21. The first-order valence-corrected chi connectivity index (χ1v) is 9.23. The smallest absolute Gasteiger partial charge is 0.239 e. The van der Waals surface area contributed by atoms with Crippen LogP contribution in [0.3, 0.4) is 0 Å². The molecule has 1 aromatic carbocycles. The number of hydrogen-bond donors (Lipinski definition) is 3. The van der Waals surface area contributed by atoms with Crippen molar-refractivity contribution in [1.29, 1.82) is 0 Å². The molecule has 28 heavy (non-hydrogen) atoms. The van der Waals surface area contributed by atoms with Gasteiger partial charge >= 0.3 is 0 Å². The van der Waals surface area contributed by atoms with Crippen LogP contribution in [0.15, 0.2) is 53.7 Å². The zero-order valence-electron chi connectivity index (χ0n) is 17.0. The van der Waals surface area contributed by atoms with Gasteiger partial charge in [-0.25, -0.2) is 4.98 Å². The molecule has 7 heteroatoms. The van der Waals surface area contributed by atoms with Crippen molar-refractivity contribution in [3.63, 3.8) is 0 Å². The van der Waals surface area contributed by atoms with Crippen molar-refractivity contribution < 1.29 is 9.53 Å². The highest BCUT2D eigenvalue weighted by Gasteiger charge is 2.13. The van der Waals surface area contributed by atoms with Gasteiger partial charge in [-0.15, -0.1) is 0 Å². The second-order valence-corrected chi connectivity index (χ2v) is 7.35. The first kappa shape index (κ1) is 21.2. The maximum absolute atomic E-state index is 11.9. The third kappa shape index (κ3) is 8.07. The number of benzene rings is 1. The van der Waals surface area contributed by atoms with E-state index in [0.717, 1.165) is 11.1 Å². The molecule has 0 atom stereocenters. The number of aromatic nitrogens is 1. The summed E-state index contributed by atoms with van der Waals surface area (Å²) in [5.41, 5.74) is 1.83. The molecule has 0 saturated heterocycles. The van der Waals surface area contributed by atoms with Crippen LogP contribution < -0.4 is 20.7 Å². The lowest BCUT2D eigenvalue weighted by atomic mass is 10.1. The summed E-state index contributed by atoms with van der Waals surface area (Å²) in [5.74, 6) is 1.03. The van der Waals surface area contributed by atoms with Crippen LogP contribution in [0.5, 0.6) is 5.88 Å². The van der Waals surface area contributed by atoms with E-state index in [-0.39, 0.29) is 18.0 Å². The standard InChI is InChI=1S/C21H29N5O2/c1-21(2,3)26-18(27)14-25-20(22-4)24-13-17-10-11-23-19(12-17)28-15-16-8-6-5-7-9-16/h5-12H,13-15H2,1-4H3,(H,26,27)(H2,22,24,25). The molecule has 0 aliphatic carbocycles. The SMILES string of the molecule is CN=C(NCC(=O)NC(C)(C)C)NCc1ccnc(OCc2ccccc2)c1. The van der Waals surface area contributed by atoms with Crippen molar-refractivity contribution in [2.24, 2.45) is 4.99 Å². The van der Waals surface area contributed by atoms with Gasteiger partial charge in [0.1, 0.15) is 6.61 Å². The topological polar surface area (TPSA) is 87.6 Å². The Morgan fingerprint density at radius 2 is 1.86 bits per heavy atom. The maximum atomic E-state index is 11.9. The lowest BCUT2D eigenvalue weighted by Crippen LogP contribution is -2.48. The molecule has 0 bridgehead atoms. The Balaban J connectivity index is 1.81. The summed E-state index contributed by atoms with van der Waals surface area (Å²) < 4.78 is 5.75. The van der Waals surface area contributed by atoms with Gasteiger partial charge in [0.15, 0.2) is 5.96 Å². The van der Waals surface area contributed by atoms with Crippen LogP contribution in [0.4, 0.5) is 0 Å². The minimum absolute atomic E-state index is 0.0871. The normalized spacial score (nSPS) is 11.6. The lowest BCUT2D eigenvalue weighted by molar-refractivity contribution is -0.121. The molecule has 7 nitrogen and oxygen atoms in total. The van der Waals surface area contributed by atoms with Crippen LogP contribution in [0.2, 0.25) is 0 Å². The predicted octanol–water partition coefficient (Wildman–Crippen LogP) is 2.24. The minimum Gasteiger partial charge on any atom is -0.473 e. The average Bonchev–Trinajstić information content (AvgIpc) is 2.66. The molecular weight excluding hydrogens is 354 g/mol. The van der Waals surface area contributed by atoms with Crippen LogP contribution in [-0.4, -0.2) is 36.0 Å². The van der Waals surface area contributed by atoms with Gasteiger partial charge in [-0.1, -0.05) is 30.3 Å². The average molecular weight is 383 g/mol. The van der Waals surface area contributed by atoms with Crippen molar-refractivity contribution in [3.8, 4) is 5.88 Å². The van der Waals surface area contributed by atoms with Crippen LogP contribution in [0.1, 0.15) is 31.9 Å². The highest BCUT2D eigenvalue weighted by atomic mass is 16.5. The second-order valence-electron chi connectivity index (χ2n) is 7.35. The Bertz CT molecular complexity index is 785. The number of hydrogen-bond acceptors (Lipinski definition) is 4. The van der Waals surface area contributed by atoms with E-state index in [9.17, 15) is 4.79 Å². The molecule has 0 spiro atoms. The van der Waals surface area contributed by atoms with Gasteiger partial charge in [-0.05, 0) is 38.0 Å². The quantitative estimate of drug-likeness (QED) is 0.504. The van der Waals surface area contributed by atoms with E-state index in [1.807, 2.05) is 63.2 Å². The Hall–Kier alpha value is -3.09. The van der Waals surface area contributed by atoms with Crippen LogP contribution >= 0.6 is 0 Å². The molecule has 0 aliphatic rings. The first-order chi connectivity index (χ1) is 13.4. The third-order valence-corrected chi connectivity index (χ3v) is 3.64. The Morgan fingerprint density at radius 1 is 1.11 bits per heavy atom. The Labute approximate surface area is 166 Å². The summed E-state index contributed by atoms with van der Waals surface area (Å²) in [4.78, 5) is 20.3. The van der Waals surface area contributed by atoms with Gasteiger partial charge in [-0.3, -0.25) is 9.79 Å². The molecule has 2 aromatic rings. The Kier molecular flexibility index (Phi) is 7.80. The van der Waals surface area contributed by atoms with E-state index in [1.165, 1.54) is 0 Å². The van der Waals surface area contributed by atoms with Gasteiger partial charge in [0.2, 0.25) is 11.8 Å². The van der Waals surface area contributed by atoms with E-state index in [1.54, 1.807) is 13.2 Å². The van der Waals surface area contributed by atoms with Gasteiger partial charge in [0, 0.05) is 31.4 Å². The van der Waals surface area contributed by atoms with Gasteiger partial charge in [-0.2, -0.15) is 0 Å². The van der Waals surface area contributed by atoms with E-state index >= 15 is 0 Å². The molecule has 0 saturated carbocycles. The number of amides is 1. The number of pyridine rings is 1. The van der Waals surface area contributed by atoms with Gasteiger partial charge in [0.05, 0.1) is 6.54 Å². The zero-order chi connectivity index (χ0) is 20.4. The first-order valence-electron chi connectivity index (χ1n) is 9.23. The molecule has 1 heterocycles. The van der Waals surface area contributed by atoms with Crippen LogP contribution in [0.25, 0.3) is 0 Å². The van der Waals surface area contributed by atoms with Gasteiger partial charge in [0.25, 0.3) is 0 Å². The number of nitrogens with zero attached hydrogens (tertiary/aromatic N) is 2. The highest BCUT2D eigenvalue weighted by Crippen LogP contribution is 2.11. The van der Waals surface area contributed by atoms with Crippen molar-refractivity contribution in [2.75, 3.05) is 13.6 Å². The summed E-state index contributed by atoms with van der Waals surface area (Å²) in [6.45, 7) is 6.98. The molecular formula is C21H29N5O2. The van der Waals surface area contributed by atoms with E-state index in [2.05, 4.69) is 25.9 Å². The van der Waals surface area contributed by atoms with E-state index < -0.39 is 0 Å². The number of carbonyl (C=O) groups excluding carboxylic acids is 1.